The number of benzene rings is 1. The van der Waals surface area contributed by atoms with Crippen molar-refractivity contribution < 1.29 is 4.74 Å². The number of pyridine rings is 1. The summed E-state index contributed by atoms with van der Waals surface area (Å²) < 4.78 is 7.83. The predicted molar refractivity (Wildman–Crippen MR) is 81.7 cm³/mol. The molecule has 0 fully saturated rings. The molecule has 3 rings (SSSR count). The summed E-state index contributed by atoms with van der Waals surface area (Å²) in [6.45, 7) is 0. The third-order valence-electron chi connectivity index (χ3n) is 2.45. The molecule has 0 amide bonds. The Morgan fingerprint density at radius 2 is 2.00 bits per heavy atom. The summed E-state index contributed by atoms with van der Waals surface area (Å²) in [5.41, 5.74) is 2.16. The van der Waals surface area contributed by atoms with E-state index in [9.17, 15) is 0 Å². The molecule has 90 valence electrons. The topological polar surface area (TPSA) is 35.0 Å². The zero-order valence-corrected chi connectivity index (χ0v) is 12.3. The SMILES string of the molecule is ICc1ccc(Oc2nc3cnccc3s2)cc1. The zero-order valence-electron chi connectivity index (χ0n) is 9.34. The Labute approximate surface area is 122 Å². The third kappa shape index (κ3) is 2.46. The van der Waals surface area contributed by atoms with Gasteiger partial charge in [0.15, 0.2) is 0 Å². The number of aromatic nitrogens is 2. The Kier molecular flexibility index (Phi) is 3.42. The van der Waals surface area contributed by atoms with E-state index in [1.165, 1.54) is 16.9 Å². The average molecular weight is 368 g/mol. The lowest BCUT2D eigenvalue weighted by atomic mass is 10.2. The summed E-state index contributed by atoms with van der Waals surface area (Å²) in [4.78, 5) is 8.43. The number of rotatable bonds is 3. The monoisotopic (exact) mass is 368 g/mol. The van der Waals surface area contributed by atoms with E-state index < -0.39 is 0 Å². The lowest BCUT2D eigenvalue weighted by molar-refractivity contribution is 0.480. The molecule has 0 bridgehead atoms. The molecule has 2 heterocycles. The normalized spacial score (nSPS) is 10.7. The molecule has 3 aromatic rings. The van der Waals surface area contributed by atoms with Crippen LogP contribution in [0.4, 0.5) is 0 Å². The predicted octanol–water partition coefficient (Wildman–Crippen LogP) is 4.42. The van der Waals surface area contributed by atoms with Gasteiger partial charge in [0.25, 0.3) is 5.19 Å². The smallest absolute Gasteiger partial charge is 0.279 e. The van der Waals surface area contributed by atoms with E-state index in [2.05, 4.69) is 44.7 Å². The second kappa shape index (κ2) is 5.19. The first-order chi connectivity index (χ1) is 8.85. The number of hydrogen-bond donors (Lipinski definition) is 0. The molecular formula is C13H9IN2OS. The van der Waals surface area contributed by atoms with Crippen molar-refractivity contribution in [3.63, 3.8) is 0 Å². The van der Waals surface area contributed by atoms with Crippen molar-refractivity contribution in [2.24, 2.45) is 0 Å². The number of hydrogen-bond acceptors (Lipinski definition) is 4. The molecule has 5 heteroatoms. The van der Waals surface area contributed by atoms with Crippen molar-refractivity contribution in [2.75, 3.05) is 0 Å². The highest BCUT2D eigenvalue weighted by atomic mass is 127. The van der Waals surface area contributed by atoms with Crippen LogP contribution >= 0.6 is 33.9 Å². The quantitative estimate of drug-likeness (QED) is 0.507. The maximum absolute atomic E-state index is 5.74. The minimum atomic E-state index is 0.653. The average Bonchev–Trinajstić information content (AvgIpc) is 2.82. The van der Waals surface area contributed by atoms with Gasteiger partial charge in [-0.3, -0.25) is 4.98 Å². The number of nitrogens with zero attached hydrogens (tertiary/aromatic N) is 2. The summed E-state index contributed by atoms with van der Waals surface area (Å²) in [6.07, 6.45) is 3.51. The minimum absolute atomic E-state index is 0.653. The van der Waals surface area contributed by atoms with E-state index >= 15 is 0 Å². The van der Waals surface area contributed by atoms with E-state index in [0.717, 1.165) is 20.4 Å². The Bertz CT molecular complexity index is 633. The number of thiazole rings is 1. The van der Waals surface area contributed by atoms with E-state index in [1.54, 1.807) is 12.4 Å². The molecular weight excluding hydrogens is 359 g/mol. The van der Waals surface area contributed by atoms with Gasteiger partial charge in [-0.2, -0.15) is 0 Å². The standard InChI is InChI=1S/C13H9IN2OS/c14-7-9-1-3-10(4-2-9)17-13-16-11-8-15-6-5-12(11)18-13/h1-6,8H,7H2. The van der Waals surface area contributed by atoms with Crippen LogP contribution in [-0.2, 0) is 4.43 Å². The van der Waals surface area contributed by atoms with Crippen LogP contribution in [0.25, 0.3) is 10.2 Å². The fourth-order valence-corrected chi connectivity index (χ4v) is 2.86. The third-order valence-corrected chi connectivity index (χ3v) is 4.25. The van der Waals surface area contributed by atoms with E-state index in [0.29, 0.717) is 5.19 Å². The molecule has 3 nitrogen and oxygen atoms in total. The molecule has 0 aliphatic rings. The first kappa shape index (κ1) is 11.9. The zero-order chi connectivity index (χ0) is 12.4. The van der Waals surface area contributed by atoms with Crippen LogP contribution in [0.5, 0.6) is 10.9 Å². The molecule has 1 aromatic carbocycles. The van der Waals surface area contributed by atoms with E-state index in [4.69, 9.17) is 4.74 Å². The number of halogens is 1. The Morgan fingerprint density at radius 3 is 2.72 bits per heavy atom. The van der Waals surface area contributed by atoms with Crippen LogP contribution in [0, 0.1) is 0 Å². The lowest BCUT2D eigenvalue weighted by Crippen LogP contribution is -1.83. The maximum Gasteiger partial charge on any atom is 0.279 e. The number of ether oxygens (including phenoxy) is 1. The van der Waals surface area contributed by atoms with Crippen molar-refractivity contribution in [1.29, 1.82) is 0 Å². The molecule has 0 aliphatic carbocycles. The van der Waals surface area contributed by atoms with Crippen LogP contribution in [-0.4, -0.2) is 9.97 Å². The Hall–Kier alpha value is -1.21. The van der Waals surface area contributed by atoms with Gasteiger partial charge >= 0.3 is 0 Å². The van der Waals surface area contributed by atoms with Crippen molar-refractivity contribution in [3.8, 4) is 10.9 Å². The Morgan fingerprint density at radius 1 is 1.17 bits per heavy atom. The van der Waals surface area contributed by atoms with Crippen LogP contribution in [0.15, 0.2) is 42.7 Å². The van der Waals surface area contributed by atoms with Gasteiger partial charge in [-0.15, -0.1) is 0 Å². The minimum Gasteiger partial charge on any atom is -0.431 e. The first-order valence-corrected chi connectivity index (χ1v) is 7.73. The van der Waals surface area contributed by atoms with Crippen LogP contribution in [0.1, 0.15) is 5.56 Å². The Balaban J connectivity index is 1.86. The van der Waals surface area contributed by atoms with Gasteiger partial charge in [-0.1, -0.05) is 46.1 Å². The molecule has 0 unspecified atom stereocenters. The van der Waals surface area contributed by atoms with E-state index in [1.807, 2.05) is 18.2 Å². The van der Waals surface area contributed by atoms with Gasteiger partial charge in [0.1, 0.15) is 11.3 Å². The largest absolute Gasteiger partial charge is 0.431 e. The lowest BCUT2D eigenvalue weighted by Gasteiger charge is -2.01. The van der Waals surface area contributed by atoms with Crippen molar-refractivity contribution in [3.05, 3.63) is 48.3 Å². The molecule has 0 N–H and O–H groups in total. The van der Waals surface area contributed by atoms with Gasteiger partial charge < -0.3 is 4.74 Å². The highest BCUT2D eigenvalue weighted by Gasteiger charge is 2.05. The summed E-state index contributed by atoms with van der Waals surface area (Å²) >= 11 is 3.87. The summed E-state index contributed by atoms with van der Waals surface area (Å²) in [5, 5.41) is 0.653. The van der Waals surface area contributed by atoms with Gasteiger partial charge in [-0.25, -0.2) is 4.98 Å². The second-order valence-electron chi connectivity index (χ2n) is 3.70. The van der Waals surface area contributed by atoms with Crippen LogP contribution in [0.2, 0.25) is 0 Å². The van der Waals surface area contributed by atoms with Crippen LogP contribution < -0.4 is 4.74 Å². The number of alkyl halides is 1. The summed E-state index contributed by atoms with van der Waals surface area (Å²) in [5.74, 6) is 0.815. The molecule has 0 radical (unpaired) electrons. The molecule has 0 aliphatic heterocycles. The number of fused-ring (bicyclic) bond motifs is 1. The fraction of sp³-hybridized carbons (Fsp3) is 0.0769. The van der Waals surface area contributed by atoms with Crippen molar-refractivity contribution >= 4 is 44.1 Å². The van der Waals surface area contributed by atoms with Gasteiger partial charge in [0.05, 0.1) is 10.9 Å². The highest BCUT2D eigenvalue weighted by molar-refractivity contribution is 14.1. The van der Waals surface area contributed by atoms with E-state index in [-0.39, 0.29) is 0 Å². The molecule has 2 aromatic heterocycles. The molecule has 0 saturated heterocycles. The second-order valence-corrected chi connectivity index (χ2v) is 5.46. The van der Waals surface area contributed by atoms with Gasteiger partial charge in [0, 0.05) is 10.6 Å². The van der Waals surface area contributed by atoms with Crippen molar-refractivity contribution in [1.82, 2.24) is 9.97 Å². The first-order valence-electron chi connectivity index (χ1n) is 5.38. The summed E-state index contributed by atoms with van der Waals surface area (Å²) in [7, 11) is 0. The molecule has 0 atom stereocenters. The summed E-state index contributed by atoms with van der Waals surface area (Å²) in [6, 6.07) is 10.0. The molecule has 18 heavy (non-hydrogen) atoms. The molecule has 0 saturated carbocycles. The molecule has 0 spiro atoms. The van der Waals surface area contributed by atoms with Crippen molar-refractivity contribution in [2.45, 2.75) is 4.43 Å². The van der Waals surface area contributed by atoms with Crippen LogP contribution in [0.3, 0.4) is 0 Å². The van der Waals surface area contributed by atoms with Gasteiger partial charge in [-0.05, 0) is 23.8 Å². The highest BCUT2D eigenvalue weighted by Crippen LogP contribution is 2.30. The van der Waals surface area contributed by atoms with Gasteiger partial charge in [0.2, 0.25) is 0 Å². The maximum atomic E-state index is 5.74. The fourth-order valence-electron chi connectivity index (χ4n) is 1.55.